The van der Waals surface area contributed by atoms with Crippen LogP contribution in [0.4, 0.5) is 21.9 Å². The number of carbonyl (C=O) groups excluding carboxylic acids is 3. The number of carbonyl (C=O) groups is 3. The Hall–Kier alpha value is -3.20. The zero-order chi connectivity index (χ0) is 26.6. The standard InChI is InChI=1S/C24H29N5O8S/c30-22(27-5-11-37-12-6-27)16-28-23(31)21(38-24(28)32)14-17-13-20(29(33)34)19(26-3-9-36-10-4-26)15-18(17)25-1-7-35-8-2-25/h13-15H,1-12,16H2/b21-14-. The van der Waals surface area contributed by atoms with Gasteiger partial charge in [-0.2, -0.15) is 0 Å². The van der Waals surface area contributed by atoms with Gasteiger partial charge in [0.2, 0.25) is 5.91 Å². The quantitative estimate of drug-likeness (QED) is 0.288. The summed E-state index contributed by atoms with van der Waals surface area (Å²) in [4.78, 5) is 56.8. The van der Waals surface area contributed by atoms with Crippen LogP contribution in [0.15, 0.2) is 17.0 Å². The Morgan fingerprint density at radius 2 is 1.45 bits per heavy atom. The molecule has 0 saturated carbocycles. The smallest absolute Gasteiger partial charge is 0.294 e. The molecule has 4 heterocycles. The van der Waals surface area contributed by atoms with E-state index in [4.69, 9.17) is 14.2 Å². The highest BCUT2D eigenvalue weighted by molar-refractivity contribution is 8.18. The molecule has 0 aromatic heterocycles. The van der Waals surface area contributed by atoms with Crippen molar-refractivity contribution < 1.29 is 33.5 Å². The third-order valence-electron chi connectivity index (χ3n) is 6.84. The number of morpholine rings is 3. The van der Waals surface area contributed by atoms with Gasteiger partial charge < -0.3 is 28.9 Å². The summed E-state index contributed by atoms with van der Waals surface area (Å²) in [5.74, 6) is -0.911. The third-order valence-corrected chi connectivity index (χ3v) is 7.75. The molecule has 1 aromatic carbocycles. The van der Waals surface area contributed by atoms with Gasteiger partial charge in [0.25, 0.3) is 16.8 Å². The average molecular weight is 548 g/mol. The lowest BCUT2D eigenvalue weighted by Gasteiger charge is -2.33. The van der Waals surface area contributed by atoms with Crippen LogP contribution in [0.5, 0.6) is 0 Å². The predicted octanol–water partition coefficient (Wildman–Crippen LogP) is 1.16. The van der Waals surface area contributed by atoms with Crippen molar-refractivity contribution in [2.24, 2.45) is 0 Å². The molecule has 38 heavy (non-hydrogen) atoms. The van der Waals surface area contributed by atoms with E-state index in [-0.39, 0.29) is 23.0 Å². The van der Waals surface area contributed by atoms with Crippen molar-refractivity contribution in [2.45, 2.75) is 0 Å². The van der Waals surface area contributed by atoms with Gasteiger partial charge in [-0.25, -0.2) is 0 Å². The van der Waals surface area contributed by atoms with E-state index in [1.165, 1.54) is 12.1 Å². The molecule has 4 saturated heterocycles. The van der Waals surface area contributed by atoms with Crippen molar-refractivity contribution >= 4 is 52.0 Å². The highest BCUT2D eigenvalue weighted by atomic mass is 32.2. The van der Waals surface area contributed by atoms with Crippen LogP contribution < -0.4 is 9.80 Å². The number of benzene rings is 1. The summed E-state index contributed by atoms with van der Waals surface area (Å²) in [6, 6.07) is 3.25. The summed E-state index contributed by atoms with van der Waals surface area (Å²) >= 11 is 0.730. The number of rotatable bonds is 6. The largest absolute Gasteiger partial charge is 0.378 e. The van der Waals surface area contributed by atoms with E-state index in [1.54, 1.807) is 11.0 Å². The fraction of sp³-hybridized carbons (Fsp3) is 0.542. The molecular weight excluding hydrogens is 518 g/mol. The zero-order valence-electron chi connectivity index (χ0n) is 20.8. The normalized spacial score (nSPS) is 21.9. The second-order valence-electron chi connectivity index (χ2n) is 9.12. The van der Waals surface area contributed by atoms with Crippen LogP contribution in [0.2, 0.25) is 0 Å². The Balaban J connectivity index is 1.47. The second kappa shape index (κ2) is 11.7. The lowest BCUT2D eigenvalue weighted by Crippen LogP contribution is -2.46. The van der Waals surface area contributed by atoms with Gasteiger partial charge in [-0.15, -0.1) is 0 Å². The fourth-order valence-electron chi connectivity index (χ4n) is 4.80. The van der Waals surface area contributed by atoms with Gasteiger partial charge in [0.1, 0.15) is 12.2 Å². The molecule has 13 nitrogen and oxygen atoms in total. The second-order valence-corrected chi connectivity index (χ2v) is 10.1. The maximum absolute atomic E-state index is 13.2. The number of nitrogens with zero attached hydrogens (tertiary/aromatic N) is 5. The van der Waals surface area contributed by atoms with E-state index < -0.39 is 16.1 Å². The van der Waals surface area contributed by atoms with E-state index in [0.717, 1.165) is 22.3 Å². The average Bonchev–Trinajstić information content (AvgIpc) is 3.21. The first kappa shape index (κ1) is 26.4. The lowest BCUT2D eigenvalue weighted by atomic mass is 10.1. The minimum absolute atomic E-state index is 0.0862. The molecule has 3 amide bonds. The first-order chi connectivity index (χ1) is 18.4. The molecule has 1 aromatic rings. The summed E-state index contributed by atoms with van der Waals surface area (Å²) in [6.07, 6.45) is 1.52. The minimum atomic E-state index is -0.588. The van der Waals surface area contributed by atoms with E-state index >= 15 is 0 Å². The van der Waals surface area contributed by atoms with Crippen molar-refractivity contribution in [1.82, 2.24) is 9.80 Å². The Bertz CT molecular complexity index is 1140. The minimum Gasteiger partial charge on any atom is -0.378 e. The van der Waals surface area contributed by atoms with Crippen molar-refractivity contribution in [2.75, 3.05) is 95.3 Å². The number of imide groups is 1. The third kappa shape index (κ3) is 5.62. The summed E-state index contributed by atoms with van der Waals surface area (Å²) in [5, 5.41) is 11.5. The SMILES string of the molecule is O=C(CN1C(=O)S/C(=C\c2cc([N+](=O)[O-])c(N3CCOCC3)cc2N2CCOCC2)C1=O)N1CCOCC1. The number of thioether (sulfide) groups is 1. The molecular formula is C24H29N5O8S. The highest BCUT2D eigenvalue weighted by Gasteiger charge is 2.38. The van der Waals surface area contributed by atoms with Crippen molar-refractivity contribution in [3.05, 3.63) is 32.7 Å². The maximum Gasteiger partial charge on any atom is 0.294 e. The van der Waals surface area contributed by atoms with E-state index in [0.29, 0.717) is 90.2 Å². The molecule has 0 N–H and O–H groups in total. The Morgan fingerprint density at radius 3 is 2.03 bits per heavy atom. The monoisotopic (exact) mass is 547 g/mol. The van der Waals surface area contributed by atoms with Gasteiger partial charge in [-0.3, -0.25) is 29.4 Å². The number of anilines is 2. The lowest BCUT2D eigenvalue weighted by molar-refractivity contribution is -0.384. The molecule has 0 atom stereocenters. The van der Waals surface area contributed by atoms with Crippen molar-refractivity contribution in [1.29, 1.82) is 0 Å². The van der Waals surface area contributed by atoms with Crippen molar-refractivity contribution in [3.8, 4) is 0 Å². The molecule has 4 aliphatic rings. The molecule has 204 valence electrons. The van der Waals surface area contributed by atoms with Crippen LogP contribution in [-0.4, -0.2) is 117 Å². The molecule has 0 bridgehead atoms. The molecule has 5 rings (SSSR count). The van der Waals surface area contributed by atoms with Gasteiger partial charge in [0.15, 0.2) is 0 Å². The van der Waals surface area contributed by atoms with Gasteiger partial charge in [0.05, 0.1) is 49.5 Å². The van der Waals surface area contributed by atoms with E-state index in [2.05, 4.69) is 4.90 Å². The Morgan fingerprint density at radius 1 is 0.895 bits per heavy atom. The molecule has 4 aliphatic heterocycles. The Labute approximate surface area is 223 Å². The van der Waals surface area contributed by atoms with Crippen LogP contribution in [0, 0.1) is 10.1 Å². The van der Waals surface area contributed by atoms with Crippen molar-refractivity contribution in [3.63, 3.8) is 0 Å². The van der Waals surface area contributed by atoms with Crippen LogP contribution in [0.1, 0.15) is 5.56 Å². The first-order valence-electron chi connectivity index (χ1n) is 12.5. The highest BCUT2D eigenvalue weighted by Crippen LogP contribution is 2.40. The van der Waals surface area contributed by atoms with Crippen LogP contribution in [0.3, 0.4) is 0 Å². The number of hydrogen-bond acceptors (Lipinski definition) is 11. The number of hydrogen-bond donors (Lipinski definition) is 0. The van der Waals surface area contributed by atoms with Gasteiger partial charge in [-0.05, 0) is 23.9 Å². The topological polar surface area (TPSA) is 135 Å². The van der Waals surface area contributed by atoms with Gasteiger partial charge >= 0.3 is 0 Å². The van der Waals surface area contributed by atoms with Gasteiger partial charge in [-0.1, -0.05) is 0 Å². The zero-order valence-corrected chi connectivity index (χ0v) is 21.7. The van der Waals surface area contributed by atoms with E-state index in [1.807, 2.05) is 4.90 Å². The Kier molecular flexibility index (Phi) is 8.12. The number of nitro groups is 1. The number of amides is 3. The fourth-order valence-corrected chi connectivity index (χ4v) is 5.63. The number of ether oxygens (including phenoxy) is 3. The molecule has 0 radical (unpaired) electrons. The molecule has 14 heteroatoms. The summed E-state index contributed by atoms with van der Waals surface area (Å²) in [7, 11) is 0. The van der Waals surface area contributed by atoms with E-state index in [9.17, 15) is 24.5 Å². The summed E-state index contributed by atoms with van der Waals surface area (Å²) in [5.41, 5.74) is 1.58. The van der Waals surface area contributed by atoms with Crippen LogP contribution in [0.25, 0.3) is 6.08 Å². The van der Waals surface area contributed by atoms with Gasteiger partial charge in [0, 0.05) is 56.6 Å². The number of nitro benzene ring substituents is 1. The molecule has 0 aliphatic carbocycles. The predicted molar refractivity (Wildman–Crippen MR) is 139 cm³/mol. The summed E-state index contributed by atoms with van der Waals surface area (Å²) in [6.45, 7) is 5.46. The van der Waals surface area contributed by atoms with Crippen LogP contribution in [-0.2, 0) is 23.8 Å². The summed E-state index contributed by atoms with van der Waals surface area (Å²) < 4.78 is 16.2. The van der Waals surface area contributed by atoms with Crippen LogP contribution >= 0.6 is 11.8 Å². The molecule has 0 unspecified atom stereocenters. The molecule has 4 fully saturated rings. The maximum atomic E-state index is 13.2. The molecule has 0 spiro atoms. The first-order valence-corrected chi connectivity index (χ1v) is 13.3.